The summed E-state index contributed by atoms with van der Waals surface area (Å²) in [5.74, 6) is 0. The van der Waals surface area contributed by atoms with Gasteiger partial charge in [0.25, 0.3) is 0 Å². The maximum Gasteiger partial charge on any atom is 0.101 e. The molecule has 0 atom stereocenters. The van der Waals surface area contributed by atoms with Crippen molar-refractivity contribution in [1.29, 1.82) is 0 Å². The molecule has 0 fully saturated rings. The van der Waals surface area contributed by atoms with Crippen molar-refractivity contribution in [2.24, 2.45) is 0 Å². The lowest BCUT2D eigenvalue weighted by Crippen LogP contribution is -1.97. The lowest BCUT2D eigenvalue weighted by Gasteiger charge is -1.80. The molecule has 0 aromatic heterocycles. The lowest BCUT2D eigenvalue weighted by atomic mass is 12.8. The van der Waals surface area contributed by atoms with Crippen LogP contribution in [-0.4, -0.2) is 18.8 Å². The maximum absolute atomic E-state index is 10.2. The molecule has 0 amide bonds. The molecule has 0 spiro atoms. The van der Waals surface area contributed by atoms with Gasteiger partial charge >= 0.3 is 0 Å². The Labute approximate surface area is 33.8 Å². The Morgan fingerprint density at radius 2 is 1.20 bits per heavy atom. The van der Waals surface area contributed by atoms with E-state index in [2.05, 4.69) is 0 Å². The van der Waals surface area contributed by atoms with Crippen molar-refractivity contribution in [1.82, 2.24) is 0 Å². The molecule has 0 unspecified atom stereocenters. The second kappa shape index (κ2) is 1.09. The quantitative estimate of drug-likeness (QED) is 0.314. The van der Waals surface area contributed by atoms with Crippen LogP contribution in [0, 0.1) is 0 Å². The van der Waals surface area contributed by atoms with Gasteiger partial charge in [0.2, 0.25) is 0 Å². The Hall–Kier alpha value is 0.150. The highest BCUT2D eigenvalue weighted by Gasteiger charge is 1.95. The summed E-state index contributed by atoms with van der Waals surface area (Å²) in [6, 6.07) is 0. The van der Waals surface area contributed by atoms with Gasteiger partial charge in [0.1, 0.15) is 18.8 Å². The molecule has 0 rings (SSSR count). The third-order valence-electron chi connectivity index (χ3n) is 0. The van der Waals surface area contributed by atoms with Gasteiger partial charge in [-0.25, -0.2) is 0 Å². The molecule has 0 aliphatic carbocycles. The molecule has 1 nitrogen and oxygen atoms in total. The fourth-order valence-corrected chi connectivity index (χ4v) is 0. The van der Waals surface area contributed by atoms with Gasteiger partial charge in [0.05, 0.1) is 9.93 Å². The lowest BCUT2D eigenvalue weighted by molar-refractivity contribution is 0.594. The molecule has 0 N–H and O–H groups in total. The minimum atomic E-state index is -1.42. The van der Waals surface area contributed by atoms with E-state index in [1.165, 1.54) is 0 Å². The molecular weight excluding hydrogens is 87.1 g/mol. The van der Waals surface area contributed by atoms with Crippen molar-refractivity contribution < 1.29 is 4.21 Å². The summed E-state index contributed by atoms with van der Waals surface area (Å²) < 4.78 is 10.2. The Kier molecular flexibility index (Phi) is 1.12. The molecule has 0 aromatic rings. The minimum absolute atomic E-state index is 1.42. The summed E-state index contributed by atoms with van der Waals surface area (Å²) in [6.07, 6.45) is 5.15. The fraction of sp³-hybridized carbons (Fsp3) is 1.00. The molecule has 0 heterocycles. The second-order valence-corrected chi connectivity index (χ2v) is 5.17. The van der Waals surface area contributed by atoms with E-state index in [4.69, 9.17) is 0 Å². The molecule has 0 bridgehead atoms. The fourth-order valence-electron chi connectivity index (χ4n) is 0. The highest BCUT2D eigenvalue weighted by molar-refractivity contribution is 8.00. The van der Waals surface area contributed by atoms with Gasteiger partial charge in [-0.05, 0) is 0 Å². The first-order chi connectivity index (χ1) is 2.00. The normalized spacial score (nSPS) is 11.8. The van der Waals surface area contributed by atoms with Crippen LogP contribution >= 0.6 is 0 Å². The molecule has 5 heavy (non-hydrogen) atoms. The van der Waals surface area contributed by atoms with Gasteiger partial charge in [-0.3, -0.25) is 0 Å². The molecule has 0 aliphatic heterocycles. The zero-order valence-corrected chi connectivity index (χ0v) is 4.63. The van der Waals surface area contributed by atoms with Crippen molar-refractivity contribution >= 4 is 9.93 Å². The van der Waals surface area contributed by atoms with E-state index in [0.29, 0.717) is 0 Å². The first-order valence-electron chi connectivity index (χ1n) is 1.39. The van der Waals surface area contributed by atoms with Gasteiger partial charge in [0.15, 0.2) is 0 Å². The smallest absolute Gasteiger partial charge is 0.101 e. The first-order valence-corrected chi connectivity index (χ1v) is 4.17. The van der Waals surface area contributed by atoms with Gasteiger partial charge in [-0.15, -0.1) is 4.21 Å². The predicted octanol–water partition coefficient (Wildman–Crippen LogP) is 0.375. The minimum Gasteiger partial charge on any atom is -0.107 e. The van der Waals surface area contributed by atoms with Crippen LogP contribution in [0.3, 0.4) is 0 Å². The van der Waals surface area contributed by atoms with Crippen molar-refractivity contribution in [2.45, 2.75) is 0 Å². The largest absolute Gasteiger partial charge is 0.107 e. The highest BCUT2D eigenvalue weighted by atomic mass is 32.3. The van der Waals surface area contributed by atoms with E-state index in [9.17, 15) is 4.21 Å². The van der Waals surface area contributed by atoms with Crippen LogP contribution in [-0.2, 0) is 14.1 Å². The summed E-state index contributed by atoms with van der Waals surface area (Å²) in [7, 11) is -1.42. The van der Waals surface area contributed by atoms with Gasteiger partial charge < -0.3 is 0 Å². The number of hydrogen-bond acceptors (Lipinski definition) is 1. The molecule has 32 valence electrons. The van der Waals surface area contributed by atoms with E-state index in [-0.39, 0.29) is 0 Å². The van der Waals surface area contributed by atoms with Crippen LogP contribution in [0.15, 0.2) is 0 Å². The summed E-state index contributed by atoms with van der Waals surface area (Å²) in [4.78, 5) is 0. The van der Waals surface area contributed by atoms with Gasteiger partial charge in [-0.1, -0.05) is 0 Å². The van der Waals surface area contributed by atoms with Crippen molar-refractivity contribution in [2.75, 3.05) is 18.8 Å². The SMILES string of the molecule is [13CH3][S+]([13CH3])([13CH3])=O. The molecule has 0 aromatic carbocycles. The summed E-state index contributed by atoms with van der Waals surface area (Å²) in [5, 5.41) is 0. The van der Waals surface area contributed by atoms with Crippen molar-refractivity contribution in [3.05, 3.63) is 0 Å². The Balaban J connectivity index is 3.47. The average Bonchev–Trinajstić information content (AvgIpc) is 0.722. The van der Waals surface area contributed by atoms with E-state index >= 15 is 0 Å². The molecule has 2 heteroatoms. The maximum atomic E-state index is 10.2. The van der Waals surface area contributed by atoms with E-state index in [0.717, 1.165) is 0 Å². The van der Waals surface area contributed by atoms with Crippen LogP contribution in [0.4, 0.5) is 0 Å². The van der Waals surface area contributed by atoms with Crippen molar-refractivity contribution in [3.63, 3.8) is 0 Å². The third-order valence-corrected chi connectivity index (χ3v) is 0. The zero-order valence-electron chi connectivity index (χ0n) is 3.82. The molecule has 0 radical (unpaired) electrons. The Bertz CT molecular complexity index is 53.0. The topological polar surface area (TPSA) is 17.1 Å². The van der Waals surface area contributed by atoms with Crippen LogP contribution < -0.4 is 0 Å². The Morgan fingerprint density at radius 1 is 1.20 bits per heavy atom. The average molecular weight is 96.1 g/mol. The molecule has 0 saturated heterocycles. The highest BCUT2D eigenvalue weighted by Crippen LogP contribution is 1.78. The zero-order chi connectivity index (χ0) is 4.50. The van der Waals surface area contributed by atoms with Gasteiger partial charge in [0, 0.05) is 0 Å². The standard InChI is InChI=1S/C3H9OS/c1-5(2,3)4/h1-3H3/q+1/i1+1,2+1,3+1. The summed E-state index contributed by atoms with van der Waals surface area (Å²) in [6.45, 7) is 0. The van der Waals surface area contributed by atoms with Crippen LogP contribution in [0.25, 0.3) is 0 Å². The van der Waals surface area contributed by atoms with Gasteiger partial charge in [-0.2, -0.15) is 0 Å². The van der Waals surface area contributed by atoms with E-state index in [1.807, 2.05) is 0 Å². The predicted molar refractivity (Wildman–Crippen MR) is 25.8 cm³/mol. The van der Waals surface area contributed by atoms with Crippen molar-refractivity contribution in [3.8, 4) is 0 Å². The third kappa shape index (κ3) is 853. The number of rotatable bonds is 0. The van der Waals surface area contributed by atoms with Crippen LogP contribution in [0.2, 0.25) is 0 Å². The van der Waals surface area contributed by atoms with Crippen LogP contribution in [0.1, 0.15) is 0 Å². The summed E-state index contributed by atoms with van der Waals surface area (Å²) >= 11 is 0. The van der Waals surface area contributed by atoms with Crippen LogP contribution in [0.5, 0.6) is 0 Å². The summed E-state index contributed by atoms with van der Waals surface area (Å²) in [5.41, 5.74) is 0. The second-order valence-electron chi connectivity index (χ2n) is 1.72. The Morgan fingerprint density at radius 3 is 1.20 bits per heavy atom. The van der Waals surface area contributed by atoms with E-state index < -0.39 is 9.93 Å². The molecule has 0 aliphatic rings. The van der Waals surface area contributed by atoms with E-state index in [1.54, 1.807) is 18.8 Å². The first kappa shape index (κ1) is 5.15. The monoisotopic (exact) mass is 96.0 g/mol. The number of hydrogen-bond donors (Lipinski definition) is 0. The molecule has 0 saturated carbocycles. The molecular formula is C3H9OS+.